The SMILES string of the molecule is O=C1c2nccnc2C2(CC2)SC1c1c(C(F)(F)F)ccc(Cl)c1OCc1ccccc1. The molecule has 0 N–H and O–H groups in total. The number of thioether (sulfide) groups is 1. The van der Waals surface area contributed by atoms with E-state index in [1.165, 1.54) is 24.2 Å². The molecule has 1 saturated carbocycles. The van der Waals surface area contributed by atoms with Gasteiger partial charge in [-0.15, -0.1) is 11.8 Å². The average molecular weight is 477 g/mol. The first kappa shape index (κ1) is 21.3. The van der Waals surface area contributed by atoms with E-state index in [0.717, 1.165) is 30.5 Å². The number of hydrogen-bond donors (Lipinski definition) is 0. The highest BCUT2D eigenvalue weighted by molar-refractivity contribution is 8.01. The molecule has 1 aromatic heterocycles. The van der Waals surface area contributed by atoms with E-state index in [4.69, 9.17) is 16.3 Å². The van der Waals surface area contributed by atoms with E-state index < -0.39 is 27.5 Å². The molecule has 2 heterocycles. The van der Waals surface area contributed by atoms with E-state index in [1.807, 2.05) is 6.07 Å². The summed E-state index contributed by atoms with van der Waals surface area (Å²) in [6.07, 6.45) is -0.368. The smallest absolute Gasteiger partial charge is 0.416 e. The van der Waals surface area contributed by atoms with Gasteiger partial charge >= 0.3 is 6.18 Å². The molecule has 0 saturated heterocycles. The molecule has 1 fully saturated rings. The van der Waals surface area contributed by atoms with Gasteiger partial charge in [0.2, 0.25) is 5.78 Å². The fraction of sp³-hybridized carbons (Fsp3) is 0.261. The number of carbonyl (C=O) groups excluding carboxylic acids is 1. The zero-order valence-corrected chi connectivity index (χ0v) is 18.1. The van der Waals surface area contributed by atoms with Crippen LogP contribution < -0.4 is 4.74 Å². The molecule has 1 aliphatic carbocycles. The molecular formula is C23H16ClF3N2O2S. The van der Waals surface area contributed by atoms with E-state index in [0.29, 0.717) is 5.69 Å². The van der Waals surface area contributed by atoms with Crippen LogP contribution in [0.2, 0.25) is 5.02 Å². The molecule has 2 aromatic carbocycles. The molecule has 0 bridgehead atoms. The molecule has 0 amide bonds. The van der Waals surface area contributed by atoms with E-state index in [2.05, 4.69) is 9.97 Å². The molecule has 32 heavy (non-hydrogen) atoms. The minimum Gasteiger partial charge on any atom is -0.487 e. The minimum absolute atomic E-state index is 0.0159. The minimum atomic E-state index is -4.69. The van der Waals surface area contributed by atoms with Crippen molar-refractivity contribution >= 4 is 29.1 Å². The zero-order valence-electron chi connectivity index (χ0n) is 16.5. The second-order valence-corrected chi connectivity index (χ2v) is 9.62. The first-order chi connectivity index (χ1) is 15.3. The molecule has 5 rings (SSSR count). The maximum absolute atomic E-state index is 14.1. The van der Waals surface area contributed by atoms with Crippen molar-refractivity contribution in [1.82, 2.24) is 9.97 Å². The van der Waals surface area contributed by atoms with Crippen molar-refractivity contribution in [3.8, 4) is 5.75 Å². The van der Waals surface area contributed by atoms with Gasteiger partial charge in [0.25, 0.3) is 0 Å². The Morgan fingerprint density at radius 3 is 2.50 bits per heavy atom. The topological polar surface area (TPSA) is 52.1 Å². The van der Waals surface area contributed by atoms with E-state index >= 15 is 0 Å². The molecule has 1 spiro atoms. The van der Waals surface area contributed by atoms with Gasteiger partial charge in [-0.05, 0) is 30.5 Å². The number of ketones is 1. The highest BCUT2D eigenvalue weighted by Crippen LogP contribution is 2.66. The third kappa shape index (κ3) is 3.65. The largest absolute Gasteiger partial charge is 0.487 e. The van der Waals surface area contributed by atoms with Crippen LogP contribution in [-0.4, -0.2) is 15.8 Å². The van der Waals surface area contributed by atoms with Gasteiger partial charge in [0.1, 0.15) is 18.1 Å². The van der Waals surface area contributed by atoms with Crippen LogP contribution >= 0.6 is 23.4 Å². The lowest BCUT2D eigenvalue weighted by atomic mass is 9.96. The number of Topliss-reactive ketones (excluding diaryl/α,β-unsaturated/α-hetero) is 1. The maximum atomic E-state index is 14.1. The fourth-order valence-electron chi connectivity index (χ4n) is 3.93. The fourth-order valence-corrected chi connectivity index (χ4v) is 5.77. The number of nitrogens with zero attached hydrogens (tertiary/aromatic N) is 2. The van der Waals surface area contributed by atoms with Gasteiger partial charge in [0, 0.05) is 18.0 Å². The summed E-state index contributed by atoms with van der Waals surface area (Å²) in [7, 11) is 0. The number of halogens is 4. The van der Waals surface area contributed by atoms with Crippen molar-refractivity contribution in [3.05, 3.63) is 88.0 Å². The standard InChI is InChI=1S/C23H16ClF3N2O2S/c24-15-7-6-14(23(25,26)27)16(19(15)31-12-13-4-2-1-3-5-13)20-18(30)17-21(29-11-10-28-17)22(32-20)8-9-22/h1-7,10-11,20H,8-9,12H2. The summed E-state index contributed by atoms with van der Waals surface area (Å²) < 4.78 is 47.5. The summed E-state index contributed by atoms with van der Waals surface area (Å²) >= 11 is 7.52. The highest BCUT2D eigenvalue weighted by atomic mass is 35.5. The number of ether oxygens (including phenoxy) is 1. The second kappa shape index (κ2) is 7.78. The monoisotopic (exact) mass is 476 g/mol. The summed E-state index contributed by atoms with van der Waals surface area (Å²) in [6, 6.07) is 11.1. The summed E-state index contributed by atoms with van der Waals surface area (Å²) in [5, 5.41) is -1.13. The Morgan fingerprint density at radius 1 is 1.09 bits per heavy atom. The van der Waals surface area contributed by atoms with Gasteiger partial charge in [-0.1, -0.05) is 41.9 Å². The van der Waals surface area contributed by atoms with Crippen LogP contribution in [0.1, 0.15) is 51.0 Å². The van der Waals surface area contributed by atoms with Crippen molar-refractivity contribution in [2.75, 3.05) is 0 Å². The number of carbonyl (C=O) groups is 1. The number of hydrogen-bond acceptors (Lipinski definition) is 5. The number of fused-ring (bicyclic) bond motifs is 2. The van der Waals surface area contributed by atoms with Gasteiger partial charge in [0.05, 0.1) is 26.3 Å². The van der Waals surface area contributed by atoms with Gasteiger partial charge in [-0.3, -0.25) is 9.78 Å². The molecule has 1 atom stereocenters. The molecular weight excluding hydrogens is 461 g/mol. The Bertz CT molecular complexity index is 1200. The van der Waals surface area contributed by atoms with Gasteiger partial charge in [0.15, 0.2) is 0 Å². The molecule has 3 aromatic rings. The van der Waals surface area contributed by atoms with Gasteiger partial charge < -0.3 is 4.74 Å². The van der Waals surface area contributed by atoms with Crippen LogP contribution in [0.4, 0.5) is 13.2 Å². The van der Waals surface area contributed by atoms with Crippen LogP contribution in [0.15, 0.2) is 54.9 Å². The lowest BCUT2D eigenvalue weighted by molar-refractivity contribution is -0.138. The summed E-state index contributed by atoms with van der Waals surface area (Å²) in [5.74, 6) is -0.646. The molecule has 0 radical (unpaired) electrons. The van der Waals surface area contributed by atoms with E-state index in [1.54, 1.807) is 24.3 Å². The summed E-state index contributed by atoms with van der Waals surface area (Å²) in [4.78, 5) is 21.8. The Kier molecular flexibility index (Phi) is 5.17. The van der Waals surface area contributed by atoms with Crippen LogP contribution in [-0.2, 0) is 17.5 Å². The number of rotatable bonds is 4. The zero-order chi connectivity index (χ0) is 22.5. The molecule has 1 unspecified atom stereocenters. The van der Waals surface area contributed by atoms with Crippen LogP contribution in [0, 0.1) is 0 Å². The number of alkyl halides is 3. The molecule has 9 heteroatoms. The molecule has 1 aliphatic heterocycles. The maximum Gasteiger partial charge on any atom is 0.416 e. The van der Waals surface area contributed by atoms with Gasteiger partial charge in [-0.25, -0.2) is 4.98 Å². The van der Waals surface area contributed by atoms with Crippen molar-refractivity contribution in [2.24, 2.45) is 0 Å². The average Bonchev–Trinajstić information content (AvgIpc) is 3.56. The predicted octanol–water partition coefficient (Wildman–Crippen LogP) is 6.39. The Balaban J connectivity index is 1.64. The van der Waals surface area contributed by atoms with Gasteiger partial charge in [-0.2, -0.15) is 13.2 Å². The van der Waals surface area contributed by atoms with Crippen molar-refractivity contribution < 1.29 is 22.7 Å². The van der Waals surface area contributed by atoms with Crippen LogP contribution in [0.5, 0.6) is 5.75 Å². The lowest BCUT2D eigenvalue weighted by Crippen LogP contribution is -2.28. The summed E-state index contributed by atoms with van der Waals surface area (Å²) in [6.45, 7) is 0.0159. The highest BCUT2D eigenvalue weighted by Gasteiger charge is 2.56. The Labute approximate surface area is 191 Å². The number of aromatic nitrogens is 2. The molecule has 2 aliphatic rings. The van der Waals surface area contributed by atoms with Crippen LogP contribution in [0.3, 0.4) is 0 Å². The summed E-state index contributed by atoms with van der Waals surface area (Å²) in [5.41, 5.74) is 0.256. The quantitative estimate of drug-likeness (QED) is 0.437. The third-order valence-corrected chi connectivity index (χ3v) is 7.63. The molecule has 164 valence electrons. The van der Waals surface area contributed by atoms with E-state index in [-0.39, 0.29) is 28.6 Å². The number of benzene rings is 2. The van der Waals surface area contributed by atoms with Crippen molar-refractivity contribution in [1.29, 1.82) is 0 Å². The predicted molar refractivity (Wildman–Crippen MR) is 115 cm³/mol. The first-order valence-corrected chi connectivity index (χ1v) is 11.2. The Morgan fingerprint density at radius 2 is 1.81 bits per heavy atom. The first-order valence-electron chi connectivity index (χ1n) is 9.90. The Hall–Kier alpha value is -2.58. The lowest BCUT2D eigenvalue weighted by Gasteiger charge is -2.31. The van der Waals surface area contributed by atoms with E-state index in [9.17, 15) is 18.0 Å². The van der Waals surface area contributed by atoms with Crippen LogP contribution in [0.25, 0.3) is 0 Å². The molecule has 4 nitrogen and oxygen atoms in total. The second-order valence-electron chi connectivity index (χ2n) is 7.72. The third-order valence-electron chi connectivity index (χ3n) is 5.59. The van der Waals surface area contributed by atoms with Crippen molar-refractivity contribution in [3.63, 3.8) is 0 Å². The normalized spacial score (nSPS) is 19.0. The van der Waals surface area contributed by atoms with Crippen molar-refractivity contribution in [2.45, 2.75) is 35.6 Å².